The quantitative estimate of drug-likeness (QED) is 0.593. The summed E-state index contributed by atoms with van der Waals surface area (Å²) in [4.78, 5) is 4.28. The fourth-order valence-electron chi connectivity index (χ4n) is 1.97. The van der Waals surface area contributed by atoms with Gasteiger partial charge in [-0.05, 0) is 30.2 Å². The van der Waals surface area contributed by atoms with Gasteiger partial charge in [0.15, 0.2) is 0 Å². The Morgan fingerprint density at radius 1 is 1.53 bits per heavy atom. The first-order valence-corrected chi connectivity index (χ1v) is 5.07. The molecule has 2 heteroatoms. The van der Waals surface area contributed by atoms with E-state index < -0.39 is 0 Å². The largest absolute Gasteiger partial charge is 0.343 e. The molecule has 2 nitrogen and oxygen atoms in total. The Hall–Kier alpha value is -1.75. The van der Waals surface area contributed by atoms with Gasteiger partial charge in [0.2, 0.25) is 0 Å². The summed E-state index contributed by atoms with van der Waals surface area (Å²) in [6.07, 6.45) is 8.78. The van der Waals surface area contributed by atoms with E-state index in [2.05, 4.69) is 34.4 Å². The summed E-state index contributed by atoms with van der Waals surface area (Å²) >= 11 is 0. The van der Waals surface area contributed by atoms with Gasteiger partial charge < -0.3 is 5.32 Å². The molecule has 0 radical (unpaired) electrons. The smallest absolute Gasteiger partial charge is 0.105 e. The number of nitrogens with one attached hydrogen (secondary N) is 1. The van der Waals surface area contributed by atoms with Crippen LogP contribution < -0.4 is 5.32 Å². The summed E-state index contributed by atoms with van der Waals surface area (Å²) in [6.45, 7) is 4.06. The lowest BCUT2D eigenvalue weighted by atomic mass is 9.84. The lowest BCUT2D eigenvalue weighted by Gasteiger charge is -2.22. The number of rotatable bonds is 0. The predicted octanol–water partition coefficient (Wildman–Crippen LogP) is 2.19. The van der Waals surface area contributed by atoms with Crippen molar-refractivity contribution in [2.45, 2.75) is 6.42 Å². The van der Waals surface area contributed by atoms with Crippen molar-refractivity contribution in [3.8, 4) is 0 Å². The second-order valence-corrected chi connectivity index (χ2v) is 3.69. The molecule has 2 atom stereocenters. The van der Waals surface area contributed by atoms with E-state index in [0.717, 1.165) is 17.8 Å². The van der Waals surface area contributed by atoms with Gasteiger partial charge in [-0.25, -0.2) is 0 Å². The summed E-state index contributed by atoms with van der Waals surface area (Å²) in [5.41, 5.74) is 7.30. The Morgan fingerprint density at radius 3 is 3.20 bits per heavy atom. The van der Waals surface area contributed by atoms with Crippen LogP contribution in [0.4, 0.5) is 0 Å². The third-order valence-electron chi connectivity index (χ3n) is 2.79. The van der Waals surface area contributed by atoms with Gasteiger partial charge in [-0.2, -0.15) is 0 Å². The molecule has 0 saturated heterocycles. The summed E-state index contributed by atoms with van der Waals surface area (Å²) < 4.78 is 0. The predicted molar refractivity (Wildman–Crippen MR) is 62.5 cm³/mol. The molecule has 0 spiro atoms. The number of hydrogen-bond donors (Lipinski definition) is 1. The number of allylic oxidation sites excluding steroid dienone is 3. The van der Waals surface area contributed by atoms with Crippen molar-refractivity contribution < 1.29 is 0 Å². The van der Waals surface area contributed by atoms with Crippen molar-refractivity contribution in [1.29, 1.82) is 0 Å². The van der Waals surface area contributed by atoms with Crippen LogP contribution in [0.15, 0.2) is 53.0 Å². The molecule has 0 aromatic rings. The number of aliphatic imine (C=N–C) groups is 1. The Morgan fingerprint density at radius 2 is 2.40 bits per heavy atom. The molecule has 2 rings (SSSR count). The molecule has 1 N–H and O–H groups in total. The molecule has 76 valence electrons. The van der Waals surface area contributed by atoms with Gasteiger partial charge >= 0.3 is 0 Å². The van der Waals surface area contributed by atoms with Crippen LogP contribution in [0.25, 0.3) is 0 Å². The minimum Gasteiger partial charge on any atom is -0.343 e. The van der Waals surface area contributed by atoms with Gasteiger partial charge in [-0.1, -0.05) is 6.58 Å². The average Bonchev–Trinajstić information content (AvgIpc) is 2.54. The molecule has 0 saturated carbocycles. The van der Waals surface area contributed by atoms with E-state index in [0.29, 0.717) is 5.92 Å². The molecule has 15 heavy (non-hydrogen) atoms. The van der Waals surface area contributed by atoms with Crippen LogP contribution in [0.2, 0.25) is 0 Å². The van der Waals surface area contributed by atoms with Gasteiger partial charge in [0.1, 0.15) is 5.84 Å². The summed E-state index contributed by atoms with van der Waals surface area (Å²) in [6, 6.07) is 0. The van der Waals surface area contributed by atoms with Crippen molar-refractivity contribution in [1.82, 2.24) is 5.32 Å². The van der Waals surface area contributed by atoms with Crippen LogP contribution in [0, 0.1) is 11.8 Å². The Bertz CT molecular complexity index is 427. The first-order chi connectivity index (χ1) is 7.33. The third kappa shape index (κ3) is 1.87. The molecule has 2 unspecified atom stereocenters. The van der Waals surface area contributed by atoms with E-state index in [1.165, 1.54) is 0 Å². The number of hydrogen-bond acceptors (Lipinski definition) is 1. The second-order valence-electron chi connectivity index (χ2n) is 3.69. The normalized spacial score (nSPS) is 31.0. The van der Waals surface area contributed by atoms with E-state index in [1.807, 2.05) is 19.2 Å². The lowest BCUT2D eigenvalue weighted by Crippen LogP contribution is -2.30. The fraction of sp³-hybridized carbons (Fsp3) is 0.308. The number of fused-ring (bicyclic) bond motifs is 1. The van der Waals surface area contributed by atoms with Crippen LogP contribution >= 0.6 is 0 Å². The second kappa shape index (κ2) is 4.18. The van der Waals surface area contributed by atoms with E-state index >= 15 is 0 Å². The first kappa shape index (κ1) is 9.79. The molecule has 1 aliphatic heterocycles. The number of nitrogens with zero attached hydrogens (tertiary/aromatic N) is 1. The Kier molecular flexibility index (Phi) is 2.73. The van der Waals surface area contributed by atoms with Crippen LogP contribution in [-0.2, 0) is 0 Å². The van der Waals surface area contributed by atoms with Crippen molar-refractivity contribution in [3.05, 3.63) is 48.0 Å². The van der Waals surface area contributed by atoms with Gasteiger partial charge in [-0.15, -0.1) is 11.5 Å². The van der Waals surface area contributed by atoms with Crippen LogP contribution in [0.3, 0.4) is 0 Å². The fourth-order valence-corrected chi connectivity index (χ4v) is 1.97. The summed E-state index contributed by atoms with van der Waals surface area (Å²) in [7, 11) is 1.81. The molecular weight excluding hydrogens is 184 g/mol. The lowest BCUT2D eigenvalue weighted by molar-refractivity contribution is 0.579. The molecule has 1 aliphatic carbocycles. The van der Waals surface area contributed by atoms with Crippen LogP contribution in [0.5, 0.6) is 0 Å². The number of amidine groups is 1. The highest BCUT2D eigenvalue weighted by molar-refractivity contribution is 5.86. The maximum absolute atomic E-state index is 4.28. The average molecular weight is 198 g/mol. The van der Waals surface area contributed by atoms with E-state index in [9.17, 15) is 0 Å². The van der Waals surface area contributed by atoms with E-state index in [1.54, 1.807) is 6.20 Å². The maximum Gasteiger partial charge on any atom is 0.105 e. The molecule has 0 aromatic heterocycles. The Balaban J connectivity index is 2.41. The van der Waals surface area contributed by atoms with Crippen LogP contribution in [-0.4, -0.2) is 12.9 Å². The zero-order valence-electron chi connectivity index (χ0n) is 8.83. The van der Waals surface area contributed by atoms with Gasteiger partial charge in [0.05, 0.1) is 0 Å². The maximum atomic E-state index is 4.28. The molecule has 0 bridgehead atoms. The van der Waals surface area contributed by atoms with Crippen molar-refractivity contribution in [3.63, 3.8) is 0 Å². The standard InChI is InChI=1S/C13H14N2/c1-10-6-3-4-7-12-11(10)8-5-9-15-13(12)14-2/h4,6,8-9,11-12H,1,7H2,2H3,(H,14,15). The van der Waals surface area contributed by atoms with E-state index in [4.69, 9.17) is 0 Å². The van der Waals surface area contributed by atoms with Crippen molar-refractivity contribution >= 4 is 5.84 Å². The molecule has 0 fully saturated rings. The topological polar surface area (TPSA) is 24.4 Å². The highest BCUT2D eigenvalue weighted by atomic mass is 15.0. The van der Waals surface area contributed by atoms with Gasteiger partial charge in [0, 0.05) is 25.1 Å². The molecular formula is C13H14N2. The summed E-state index contributed by atoms with van der Waals surface area (Å²) in [5, 5.41) is 3.16. The zero-order valence-corrected chi connectivity index (χ0v) is 8.83. The highest BCUT2D eigenvalue weighted by Gasteiger charge is 2.26. The third-order valence-corrected chi connectivity index (χ3v) is 2.79. The van der Waals surface area contributed by atoms with Crippen molar-refractivity contribution in [2.24, 2.45) is 16.8 Å². The molecule has 0 amide bonds. The monoisotopic (exact) mass is 198 g/mol. The molecule has 2 aliphatic rings. The zero-order chi connectivity index (χ0) is 10.7. The molecule has 1 heterocycles. The van der Waals surface area contributed by atoms with Crippen LogP contribution in [0.1, 0.15) is 6.42 Å². The SMILES string of the molecule is C=C1C=C=CCC2C(=NC)NC=C=CC12. The highest BCUT2D eigenvalue weighted by Crippen LogP contribution is 2.28. The van der Waals surface area contributed by atoms with Gasteiger partial charge in [0.25, 0.3) is 0 Å². The first-order valence-electron chi connectivity index (χ1n) is 5.07. The Labute approximate surface area is 90.1 Å². The van der Waals surface area contributed by atoms with Gasteiger partial charge in [-0.3, -0.25) is 4.99 Å². The van der Waals surface area contributed by atoms with Crippen molar-refractivity contribution in [2.75, 3.05) is 7.05 Å². The minimum atomic E-state index is 0.279. The van der Waals surface area contributed by atoms with E-state index in [-0.39, 0.29) is 5.92 Å². The summed E-state index contributed by atoms with van der Waals surface area (Å²) in [5.74, 6) is 1.61. The minimum absolute atomic E-state index is 0.279. The molecule has 0 aromatic carbocycles.